The number of nitrogens with one attached hydrogen (secondary N) is 2. The fraction of sp³-hybridized carbons (Fsp3) is 0.455. The fourth-order valence-corrected chi connectivity index (χ4v) is 2.93. The number of nitrogens with zero attached hydrogens (tertiary/aromatic N) is 3. The Hall–Kier alpha value is -2.03. The molecule has 2 aromatic rings. The topological polar surface area (TPSA) is 61.8 Å². The number of guanidine groups is 1. The van der Waals surface area contributed by atoms with Crippen LogP contribution < -0.4 is 20.3 Å². The molecule has 0 atom stereocenters. The van der Waals surface area contributed by atoms with Gasteiger partial charge in [0.1, 0.15) is 11.6 Å². The maximum absolute atomic E-state index is 5.48. The molecule has 0 saturated heterocycles. The van der Waals surface area contributed by atoms with Crippen molar-refractivity contribution in [3.63, 3.8) is 0 Å². The first-order chi connectivity index (χ1) is 13.6. The standard InChI is InChI=1S/C22H33N5O.HI/c1-6-23-22(26-16-19-11-9-17(4)13-20(19)28-5)25-15-18-10-12-21(24-14-18)27(7-2)8-3;/h9-14H,6-8,15-16H2,1-5H3,(H2,23,25,26);1H. The van der Waals surface area contributed by atoms with Crippen LogP contribution in [0.15, 0.2) is 41.5 Å². The van der Waals surface area contributed by atoms with Crippen LogP contribution in [-0.4, -0.2) is 37.7 Å². The molecule has 6 nitrogen and oxygen atoms in total. The van der Waals surface area contributed by atoms with Gasteiger partial charge < -0.3 is 20.3 Å². The second-order valence-electron chi connectivity index (χ2n) is 6.56. The van der Waals surface area contributed by atoms with Gasteiger partial charge in [-0.1, -0.05) is 18.2 Å². The first-order valence-corrected chi connectivity index (χ1v) is 9.96. The Kier molecular flexibility index (Phi) is 11.4. The minimum Gasteiger partial charge on any atom is -0.496 e. The van der Waals surface area contributed by atoms with E-state index in [0.29, 0.717) is 13.1 Å². The molecule has 0 aliphatic heterocycles. The molecular weight excluding hydrogens is 477 g/mol. The number of aryl methyl sites for hydroxylation is 1. The lowest BCUT2D eigenvalue weighted by Crippen LogP contribution is -2.36. The number of aliphatic imine (C=N–C) groups is 1. The lowest BCUT2D eigenvalue weighted by molar-refractivity contribution is 0.408. The molecule has 1 aromatic carbocycles. The minimum absolute atomic E-state index is 0. The molecule has 7 heteroatoms. The van der Waals surface area contributed by atoms with Crippen LogP contribution in [0.25, 0.3) is 0 Å². The van der Waals surface area contributed by atoms with Crippen molar-refractivity contribution in [2.75, 3.05) is 31.6 Å². The SMILES string of the molecule is CCNC(=NCc1ccc(N(CC)CC)nc1)NCc1ccc(C)cc1OC.I. The normalized spacial score (nSPS) is 10.9. The zero-order valence-corrected chi connectivity index (χ0v) is 20.5. The molecule has 0 bridgehead atoms. The molecule has 0 aliphatic rings. The number of aromatic nitrogens is 1. The highest BCUT2D eigenvalue weighted by Gasteiger charge is 2.06. The summed E-state index contributed by atoms with van der Waals surface area (Å²) in [6.45, 7) is 12.3. The van der Waals surface area contributed by atoms with Crippen molar-refractivity contribution < 1.29 is 4.74 Å². The van der Waals surface area contributed by atoms with Gasteiger partial charge in [-0.2, -0.15) is 0 Å². The lowest BCUT2D eigenvalue weighted by atomic mass is 10.1. The Morgan fingerprint density at radius 1 is 1.10 bits per heavy atom. The summed E-state index contributed by atoms with van der Waals surface area (Å²) in [5.41, 5.74) is 3.37. The average Bonchev–Trinajstić information content (AvgIpc) is 2.72. The number of halogens is 1. The highest BCUT2D eigenvalue weighted by molar-refractivity contribution is 14.0. The third-order valence-electron chi connectivity index (χ3n) is 4.55. The van der Waals surface area contributed by atoms with Crippen LogP contribution in [0, 0.1) is 6.92 Å². The van der Waals surface area contributed by atoms with E-state index in [9.17, 15) is 0 Å². The van der Waals surface area contributed by atoms with Gasteiger partial charge in [0.25, 0.3) is 0 Å². The van der Waals surface area contributed by atoms with Gasteiger partial charge in [0.05, 0.1) is 13.7 Å². The van der Waals surface area contributed by atoms with Gasteiger partial charge >= 0.3 is 0 Å². The monoisotopic (exact) mass is 511 g/mol. The maximum Gasteiger partial charge on any atom is 0.191 e. The summed E-state index contributed by atoms with van der Waals surface area (Å²) in [5.74, 6) is 2.67. The Bertz CT molecular complexity index is 760. The predicted molar refractivity (Wildman–Crippen MR) is 133 cm³/mol. The zero-order valence-electron chi connectivity index (χ0n) is 18.2. The van der Waals surface area contributed by atoms with E-state index in [1.165, 1.54) is 5.56 Å². The molecule has 0 saturated carbocycles. The van der Waals surface area contributed by atoms with Crippen molar-refractivity contribution >= 4 is 35.8 Å². The summed E-state index contributed by atoms with van der Waals surface area (Å²) in [7, 11) is 1.70. The number of ether oxygens (including phenoxy) is 1. The molecule has 0 fully saturated rings. The van der Waals surface area contributed by atoms with Crippen LogP contribution in [0.1, 0.15) is 37.5 Å². The van der Waals surface area contributed by atoms with Crippen LogP contribution in [-0.2, 0) is 13.1 Å². The first kappa shape index (κ1) is 25.0. The van der Waals surface area contributed by atoms with Crippen molar-refractivity contribution in [3.05, 3.63) is 53.2 Å². The molecule has 2 N–H and O–H groups in total. The number of hydrogen-bond donors (Lipinski definition) is 2. The van der Waals surface area contributed by atoms with E-state index in [-0.39, 0.29) is 24.0 Å². The van der Waals surface area contributed by atoms with Crippen LogP contribution in [0.2, 0.25) is 0 Å². The van der Waals surface area contributed by atoms with E-state index in [1.807, 2.05) is 12.3 Å². The van der Waals surface area contributed by atoms with Crippen LogP contribution in [0.5, 0.6) is 5.75 Å². The third-order valence-corrected chi connectivity index (χ3v) is 4.55. The Morgan fingerprint density at radius 3 is 2.45 bits per heavy atom. The lowest BCUT2D eigenvalue weighted by Gasteiger charge is -2.19. The average molecular weight is 511 g/mol. The molecule has 29 heavy (non-hydrogen) atoms. The largest absolute Gasteiger partial charge is 0.496 e. The fourth-order valence-electron chi connectivity index (χ4n) is 2.93. The van der Waals surface area contributed by atoms with E-state index in [4.69, 9.17) is 4.74 Å². The molecular formula is C22H34IN5O. The zero-order chi connectivity index (χ0) is 20.4. The Balaban J connectivity index is 0.00000420. The van der Waals surface area contributed by atoms with Gasteiger partial charge in [0, 0.05) is 37.9 Å². The number of methoxy groups -OCH3 is 1. The number of pyridine rings is 1. The smallest absolute Gasteiger partial charge is 0.191 e. The molecule has 2 rings (SSSR count). The number of benzene rings is 1. The van der Waals surface area contributed by atoms with Gasteiger partial charge in [-0.3, -0.25) is 0 Å². The molecule has 0 unspecified atom stereocenters. The number of hydrogen-bond acceptors (Lipinski definition) is 4. The second-order valence-corrected chi connectivity index (χ2v) is 6.56. The van der Waals surface area contributed by atoms with Gasteiger partial charge in [-0.15, -0.1) is 24.0 Å². The molecule has 0 radical (unpaired) electrons. The first-order valence-electron chi connectivity index (χ1n) is 9.96. The third kappa shape index (κ3) is 7.72. The van der Waals surface area contributed by atoms with Gasteiger partial charge in [0.2, 0.25) is 0 Å². The van der Waals surface area contributed by atoms with E-state index in [0.717, 1.165) is 48.3 Å². The maximum atomic E-state index is 5.48. The summed E-state index contributed by atoms with van der Waals surface area (Å²) in [6, 6.07) is 10.4. The Morgan fingerprint density at radius 2 is 1.86 bits per heavy atom. The van der Waals surface area contributed by atoms with Crippen LogP contribution in [0.3, 0.4) is 0 Å². The van der Waals surface area contributed by atoms with E-state index < -0.39 is 0 Å². The molecule has 0 amide bonds. The van der Waals surface area contributed by atoms with Crippen LogP contribution >= 0.6 is 24.0 Å². The molecule has 0 aliphatic carbocycles. The summed E-state index contributed by atoms with van der Waals surface area (Å²) in [5, 5.41) is 6.67. The molecule has 1 aromatic heterocycles. The van der Waals surface area contributed by atoms with Gasteiger partial charge in [-0.25, -0.2) is 9.98 Å². The minimum atomic E-state index is 0. The number of rotatable bonds is 9. The Labute approximate surface area is 192 Å². The van der Waals surface area contributed by atoms with Crippen molar-refractivity contribution in [3.8, 4) is 5.75 Å². The summed E-state index contributed by atoms with van der Waals surface area (Å²) in [4.78, 5) is 11.5. The van der Waals surface area contributed by atoms with Crippen molar-refractivity contribution in [1.82, 2.24) is 15.6 Å². The summed E-state index contributed by atoms with van der Waals surface area (Å²) in [6.07, 6.45) is 1.91. The molecule has 160 valence electrons. The molecule has 1 heterocycles. The van der Waals surface area contributed by atoms with Crippen molar-refractivity contribution in [1.29, 1.82) is 0 Å². The van der Waals surface area contributed by atoms with Gasteiger partial charge in [0.15, 0.2) is 5.96 Å². The predicted octanol–water partition coefficient (Wildman–Crippen LogP) is 4.12. The summed E-state index contributed by atoms with van der Waals surface area (Å²) >= 11 is 0. The van der Waals surface area contributed by atoms with E-state index in [1.54, 1.807) is 7.11 Å². The second kappa shape index (κ2) is 13.2. The highest BCUT2D eigenvalue weighted by atomic mass is 127. The highest BCUT2D eigenvalue weighted by Crippen LogP contribution is 2.19. The van der Waals surface area contributed by atoms with Gasteiger partial charge in [-0.05, 0) is 51.0 Å². The number of anilines is 1. The van der Waals surface area contributed by atoms with Crippen LogP contribution in [0.4, 0.5) is 5.82 Å². The van der Waals surface area contributed by atoms with E-state index in [2.05, 4.69) is 77.5 Å². The molecule has 0 spiro atoms. The van der Waals surface area contributed by atoms with E-state index >= 15 is 0 Å². The van der Waals surface area contributed by atoms with Crippen molar-refractivity contribution in [2.45, 2.75) is 40.8 Å². The quantitative estimate of drug-likeness (QED) is 0.302. The summed E-state index contributed by atoms with van der Waals surface area (Å²) < 4.78 is 5.48. The van der Waals surface area contributed by atoms with Crippen molar-refractivity contribution in [2.24, 2.45) is 4.99 Å².